The number of fused-ring (bicyclic) bond motifs is 2. The second-order valence-electron chi connectivity index (χ2n) is 7.67. The summed E-state index contributed by atoms with van der Waals surface area (Å²) in [6.45, 7) is 8.50. The van der Waals surface area contributed by atoms with Crippen LogP contribution in [0.2, 0.25) is 0 Å². The van der Waals surface area contributed by atoms with E-state index < -0.39 is 0 Å². The Hall–Kier alpha value is -3.16. The first-order valence-electron chi connectivity index (χ1n) is 9.83. The summed E-state index contributed by atoms with van der Waals surface area (Å²) in [5.41, 5.74) is 5.93. The van der Waals surface area contributed by atoms with Crippen LogP contribution in [0.25, 0.3) is 22.3 Å². The number of rotatable bonds is 4. The summed E-state index contributed by atoms with van der Waals surface area (Å²) in [7, 11) is 5.93. The molecule has 4 heterocycles. The molecule has 0 radical (unpaired) electrons. The van der Waals surface area contributed by atoms with Gasteiger partial charge in [0.15, 0.2) is 11.3 Å². The van der Waals surface area contributed by atoms with Gasteiger partial charge in [-0.2, -0.15) is 0 Å². The molecule has 0 aromatic carbocycles. The number of imidazole rings is 2. The van der Waals surface area contributed by atoms with Crippen molar-refractivity contribution in [1.29, 1.82) is 0 Å². The van der Waals surface area contributed by atoms with E-state index in [1.54, 1.807) is 6.20 Å². The molecule has 8 nitrogen and oxygen atoms in total. The molecule has 0 fully saturated rings. The molecule has 8 heteroatoms. The lowest BCUT2D eigenvalue weighted by molar-refractivity contribution is 0.613. The Morgan fingerprint density at radius 1 is 0.793 bits per heavy atom. The third kappa shape index (κ3) is 4.01. The highest BCUT2D eigenvalue weighted by atomic mass is 15.1. The third-order valence-corrected chi connectivity index (χ3v) is 4.76. The standard InChI is InChI=1S/C11H16N4.C10H14N4/c1-8(2)15-7-13-10-9(14(3)4)5-6-12-11(10)15;1-7(2)14-6-13-9-8(11-3)4-5-12-10(9)14/h5-8H,1-4H3;4-7H,1-3H3,(H,11,12). The first kappa shape index (κ1) is 20.6. The van der Waals surface area contributed by atoms with E-state index in [2.05, 4.69) is 67.0 Å². The molecule has 0 saturated heterocycles. The molecule has 154 valence electrons. The van der Waals surface area contributed by atoms with Gasteiger partial charge in [0.2, 0.25) is 0 Å². The summed E-state index contributed by atoms with van der Waals surface area (Å²) in [5.74, 6) is 0. The molecule has 4 rings (SSSR count). The lowest BCUT2D eigenvalue weighted by atomic mass is 10.3. The van der Waals surface area contributed by atoms with Crippen molar-refractivity contribution >= 4 is 33.7 Å². The molecule has 29 heavy (non-hydrogen) atoms. The van der Waals surface area contributed by atoms with E-state index in [1.807, 2.05) is 52.1 Å². The Kier molecular flexibility index (Phi) is 6.00. The monoisotopic (exact) mass is 394 g/mol. The minimum Gasteiger partial charge on any atom is -0.386 e. The number of nitrogens with one attached hydrogen (secondary N) is 1. The maximum atomic E-state index is 4.42. The van der Waals surface area contributed by atoms with Crippen LogP contribution in [0.3, 0.4) is 0 Å². The summed E-state index contributed by atoms with van der Waals surface area (Å²) in [6, 6.07) is 4.69. The molecule has 0 spiro atoms. The molecular weight excluding hydrogens is 364 g/mol. The van der Waals surface area contributed by atoms with Gasteiger partial charge in [0, 0.05) is 45.6 Å². The van der Waals surface area contributed by atoms with E-state index in [4.69, 9.17) is 0 Å². The van der Waals surface area contributed by atoms with E-state index in [0.717, 1.165) is 33.7 Å². The van der Waals surface area contributed by atoms with E-state index in [9.17, 15) is 0 Å². The predicted molar refractivity (Wildman–Crippen MR) is 120 cm³/mol. The van der Waals surface area contributed by atoms with Gasteiger partial charge in [0.05, 0.1) is 24.0 Å². The summed E-state index contributed by atoms with van der Waals surface area (Å²) >= 11 is 0. The fraction of sp³-hybridized carbons (Fsp3) is 0.429. The van der Waals surface area contributed by atoms with Gasteiger partial charge in [-0.3, -0.25) is 0 Å². The molecule has 1 N–H and O–H groups in total. The van der Waals surface area contributed by atoms with Crippen molar-refractivity contribution in [1.82, 2.24) is 29.1 Å². The van der Waals surface area contributed by atoms with Crippen molar-refractivity contribution in [3.8, 4) is 0 Å². The van der Waals surface area contributed by atoms with Crippen LogP contribution in [-0.2, 0) is 0 Å². The zero-order valence-electron chi connectivity index (χ0n) is 18.2. The zero-order chi connectivity index (χ0) is 21.1. The first-order chi connectivity index (χ1) is 13.8. The van der Waals surface area contributed by atoms with Gasteiger partial charge in [0.1, 0.15) is 11.0 Å². The van der Waals surface area contributed by atoms with Crippen molar-refractivity contribution in [2.24, 2.45) is 0 Å². The van der Waals surface area contributed by atoms with Gasteiger partial charge in [-0.05, 0) is 39.8 Å². The molecule has 0 aliphatic rings. The molecular formula is C21H30N8. The highest BCUT2D eigenvalue weighted by molar-refractivity contribution is 5.86. The Labute approximate surface area is 171 Å². The van der Waals surface area contributed by atoms with E-state index in [-0.39, 0.29) is 0 Å². The quantitative estimate of drug-likeness (QED) is 0.561. The maximum absolute atomic E-state index is 4.42. The highest BCUT2D eigenvalue weighted by Crippen LogP contribution is 2.24. The number of anilines is 2. The normalized spacial score (nSPS) is 11.2. The van der Waals surface area contributed by atoms with Gasteiger partial charge < -0.3 is 19.4 Å². The van der Waals surface area contributed by atoms with Crippen molar-refractivity contribution in [2.45, 2.75) is 39.8 Å². The van der Waals surface area contributed by atoms with E-state index >= 15 is 0 Å². The minimum absolute atomic E-state index is 0.389. The molecule has 4 aromatic heterocycles. The highest BCUT2D eigenvalue weighted by Gasteiger charge is 2.11. The molecule has 0 aliphatic heterocycles. The SMILES string of the molecule is CC(C)n1cnc2c(N(C)C)ccnc21.CNc1ccnc2c1ncn2C(C)C. The summed E-state index contributed by atoms with van der Waals surface area (Å²) in [4.78, 5) is 19.5. The molecule has 0 atom stereocenters. The minimum atomic E-state index is 0.389. The Bertz CT molecular complexity index is 1090. The second-order valence-corrected chi connectivity index (χ2v) is 7.67. The second kappa shape index (κ2) is 8.46. The Morgan fingerprint density at radius 2 is 1.31 bits per heavy atom. The average Bonchev–Trinajstić information content (AvgIpc) is 3.32. The number of nitrogens with zero attached hydrogens (tertiary/aromatic N) is 7. The lowest BCUT2D eigenvalue weighted by Gasteiger charge is -2.13. The summed E-state index contributed by atoms with van der Waals surface area (Å²) in [6.07, 6.45) is 7.32. The van der Waals surface area contributed by atoms with Crippen LogP contribution in [0, 0.1) is 0 Å². The molecule has 0 saturated carbocycles. The Balaban J connectivity index is 0.000000166. The van der Waals surface area contributed by atoms with Crippen molar-refractivity contribution in [3.63, 3.8) is 0 Å². The van der Waals surface area contributed by atoms with Crippen molar-refractivity contribution in [2.75, 3.05) is 31.4 Å². The summed E-state index contributed by atoms with van der Waals surface area (Å²) < 4.78 is 4.15. The average molecular weight is 395 g/mol. The topological polar surface area (TPSA) is 76.7 Å². The summed E-state index contributed by atoms with van der Waals surface area (Å²) in [5, 5.41) is 3.11. The largest absolute Gasteiger partial charge is 0.386 e. The molecule has 0 aliphatic carbocycles. The molecule has 0 bridgehead atoms. The molecule has 0 unspecified atom stereocenters. The van der Waals surface area contributed by atoms with Gasteiger partial charge in [0.25, 0.3) is 0 Å². The van der Waals surface area contributed by atoms with Crippen LogP contribution in [0.15, 0.2) is 37.2 Å². The fourth-order valence-electron chi connectivity index (χ4n) is 3.17. The third-order valence-electron chi connectivity index (χ3n) is 4.76. The number of pyridine rings is 2. The van der Waals surface area contributed by atoms with Gasteiger partial charge in [-0.1, -0.05) is 0 Å². The van der Waals surface area contributed by atoms with Gasteiger partial charge in [-0.25, -0.2) is 19.9 Å². The Morgan fingerprint density at radius 3 is 1.83 bits per heavy atom. The van der Waals surface area contributed by atoms with Gasteiger partial charge >= 0.3 is 0 Å². The van der Waals surface area contributed by atoms with Gasteiger partial charge in [-0.15, -0.1) is 0 Å². The van der Waals surface area contributed by atoms with Crippen molar-refractivity contribution in [3.05, 3.63) is 37.2 Å². The zero-order valence-corrected chi connectivity index (χ0v) is 18.2. The molecule has 4 aromatic rings. The van der Waals surface area contributed by atoms with E-state index in [1.165, 1.54) is 0 Å². The van der Waals surface area contributed by atoms with Crippen LogP contribution < -0.4 is 10.2 Å². The predicted octanol–water partition coefficient (Wildman–Crippen LogP) is 4.13. The lowest BCUT2D eigenvalue weighted by Crippen LogP contribution is -2.09. The van der Waals surface area contributed by atoms with Crippen LogP contribution in [0.4, 0.5) is 11.4 Å². The van der Waals surface area contributed by atoms with Crippen molar-refractivity contribution < 1.29 is 0 Å². The van der Waals surface area contributed by atoms with Crippen LogP contribution in [0.5, 0.6) is 0 Å². The first-order valence-corrected chi connectivity index (χ1v) is 9.83. The molecule has 0 amide bonds. The van der Waals surface area contributed by atoms with Crippen LogP contribution in [-0.4, -0.2) is 50.2 Å². The van der Waals surface area contributed by atoms with E-state index in [0.29, 0.717) is 12.1 Å². The number of aromatic nitrogens is 6. The maximum Gasteiger partial charge on any atom is 0.162 e. The number of hydrogen-bond donors (Lipinski definition) is 1. The van der Waals surface area contributed by atoms with Crippen LogP contribution in [0.1, 0.15) is 39.8 Å². The fourth-order valence-corrected chi connectivity index (χ4v) is 3.17. The van der Waals surface area contributed by atoms with Crippen LogP contribution >= 0.6 is 0 Å². The number of hydrogen-bond acceptors (Lipinski definition) is 6. The smallest absolute Gasteiger partial charge is 0.162 e.